The van der Waals surface area contributed by atoms with Crippen LogP contribution in [0.15, 0.2) is 18.2 Å². The van der Waals surface area contributed by atoms with Crippen molar-refractivity contribution in [1.29, 1.82) is 5.26 Å². The van der Waals surface area contributed by atoms with Gasteiger partial charge in [0.1, 0.15) is 5.75 Å². The molecule has 0 radical (unpaired) electrons. The highest BCUT2D eigenvalue weighted by molar-refractivity contribution is 6.59. The van der Waals surface area contributed by atoms with Crippen LogP contribution in [0.2, 0.25) is 0 Å². The molecule has 0 saturated heterocycles. The molecule has 1 aromatic carbocycles. The zero-order chi connectivity index (χ0) is 9.84. The zero-order valence-electron chi connectivity index (χ0n) is 7.06. The Morgan fingerprint density at radius 2 is 2.15 bits per heavy atom. The van der Waals surface area contributed by atoms with Gasteiger partial charge in [-0.2, -0.15) is 5.26 Å². The summed E-state index contributed by atoms with van der Waals surface area (Å²) in [5.41, 5.74) is 0.669. The summed E-state index contributed by atoms with van der Waals surface area (Å²) in [5.74, 6) is 0.300. The average Bonchev–Trinajstić information content (AvgIpc) is 2.16. The van der Waals surface area contributed by atoms with Crippen molar-refractivity contribution < 1.29 is 14.8 Å². The quantitative estimate of drug-likeness (QED) is 0.582. The van der Waals surface area contributed by atoms with Crippen LogP contribution in [0.5, 0.6) is 5.75 Å². The van der Waals surface area contributed by atoms with Crippen LogP contribution in [0.3, 0.4) is 0 Å². The SMILES string of the molecule is COc1cc(C#N)ccc1B(O)O. The van der Waals surface area contributed by atoms with Crippen molar-refractivity contribution in [3.05, 3.63) is 23.8 Å². The molecule has 13 heavy (non-hydrogen) atoms. The van der Waals surface area contributed by atoms with E-state index in [-0.39, 0.29) is 5.46 Å². The second-order valence-corrected chi connectivity index (χ2v) is 2.44. The monoisotopic (exact) mass is 177 g/mol. The summed E-state index contributed by atoms with van der Waals surface area (Å²) in [6.07, 6.45) is 0. The predicted molar refractivity (Wildman–Crippen MR) is 47.5 cm³/mol. The van der Waals surface area contributed by atoms with Gasteiger partial charge in [-0.05, 0) is 12.1 Å². The first-order chi connectivity index (χ1) is 6.19. The number of nitrogens with zero attached hydrogens (tertiary/aromatic N) is 1. The molecule has 0 saturated carbocycles. The van der Waals surface area contributed by atoms with Gasteiger partial charge in [0.15, 0.2) is 0 Å². The Bertz CT molecular complexity index is 346. The molecule has 1 aromatic rings. The third-order valence-electron chi connectivity index (χ3n) is 1.64. The van der Waals surface area contributed by atoms with E-state index in [1.165, 1.54) is 25.3 Å². The Kier molecular flexibility index (Phi) is 2.90. The topological polar surface area (TPSA) is 73.5 Å². The van der Waals surface area contributed by atoms with Gasteiger partial charge in [-0.25, -0.2) is 0 Å². The van der Waals surface area contributed by atoms with Gasteiger partial charge < -0.3 is 14.8 Å². The van der Waals surface area contributed by atoms with Gasteiger partial charge in [0.25, 0.3) is 0 Å². The Labute approximate surface area is 76.1 Å². The van der Waals surface area contributed by atoms with Crippen molar-refractivity contribution in [3.63, 3.8) is 0 Å². The maximum absolute atomic E-state index is 8.89. The summed E-state index contributed by atoms with van der Waals surface area (Å²) in [6.45, 7) is 0. The van der Waals surface area contributed by atoms with Crippen molar-refractivity contribution in [2.24, 2.45) is 0 Å². The minimum atomic E-state index is -1.58. The first-order valence-corrected chi connectivity index (χ1v) is 3.63. The average molecular weight is 177 g/mol. The van der Waals surface area contributed by atoms with E-state index in [4.69, 9.17) is 20.0 Å². The van der Waals surface area contributed by atoms with Crippen molar-refractivity contribution in [2.45, 2.75) is 0 Å². The Morgan fingerprint density at radius 1 is 1.46 bits per heavy atom. The van der Waals surface area contributed by atoms with Crippen LogP contribution >= 0.6 is 0 Å². The Balaban J connectivity index is 3.17. The second kappa shape index (κ2) is 3.94. The molecule has 0 bridgehead atoms. The summed E-state index contributed by atoms with van der Waals surface area (Å²) >= 11 is 0. The molecule has 0 unspecified atom stereocenters. The molecular formula is C8H8BNO3. The molecule has 0 atom stereocenters. The van der Waals surface area contributed by atoms with Gasteiger partial charge in [0.2, 0.25) is 0 Å². The molecule has 5 heteroatoms. The molecule has 0 fully saturated rings. The lowest BCUT2D eigenvalue weighted by molar-refractivity contribution is 0.403. The Morgan fingerprint density at radius 3 is 2.62 bits per heavy atom. The molecule has 0 aromatic heterocycles. The van der Waals surface area contributed by atoms with Gasteiger partial charge in [-0.3, -0.25) is 0 Å². The number of rotatable bonds is 2. The highest BCUT2D eigenvalue weighted by atomic mass is 16.5. The maximum Gasteiger partial charge on any atom is 0.492 e. The van der Waals surface area contributed by atoms with Crippen molar-refractivity contribution in [1.82, 2.24) is 0 Å². The molecule has 0 heterocycles. The third-order valence-corrected chi connectivity index (χ3v) is 1.64. The highest BCUT2D eigenvalue weighted by Gasteiger charge is 2.16. The van der Waals surface area contributed by atoms with E-state index >= 15 is 0 Å². The van der Waals surface area contributed by atoms with Crippen molar-refractivity contribution in [3.8, 4) is 11.8 Å². The van der Waals surface area contributed by atoms with E-state index in [0.29, 0.717) is 11.3 Å². The molecule has 2 N–H and O–H groups in total. The fourth-order valence-corrected chi connectivity index (χ4v) is 0.994. The fourth-order valence-electron chi connectivity index (χ4n) is 0.994. The van der Waals surface area contributed by atoms with Crippen molar-refractivity contribution >= 4 is 12.6 Å². The summed E-state index contributed by atoms with van der Waals surface area (Å²) < 4.78 is 4.88. The number of hydrogen-bond donors (Lipinski definition) is 2. The number of ether oxygens (including phenoxy) is 1. The van der Waals surface area contributed by atoms with E-state index in [1.807, 2.05) is 6.07 Å². The van der Waals surface area contributed by atoms with E-state index in [9.17, 15) is 0 Å². The van der Waals surface area contributed by atoms with E-state index < -0.39 is 7.12 Å². The molecular weight excluding hydrogens is 169 g/mol. The van der Waals surface area contributed by atoms with Crippen molar-refractivity contribution in [2.75, 3.05) is 7.11 Å². The lowest BCUT2D eigenvalue weighted by Gasteiger charge is -2.06. The van der Waals surface area contributed by atoms with Crippen LogP contribution in [0.25, 0.3) is 0 Å². The normalized spacial score (nSPS) is 9.08. The molecule has 0 spiro atoms. The van der Waals surface area contributed by atoms with E-state index in [2.05, 4.69) is 0 Å². The first kappa shape index (κ1) is 9.58. The second-order valence-electron chi connectivity index (χ2n) is 2.44. The third kappa shape index (κ3) is 1.99. The molecule has 0 aliphatic carbocycles. The van der Waals surface area contributed by atoms with E-state index in [0.717, 1.165) is 0 Å². The largest absolute Gasteiger partial charge is 0.497 e. The molecule has 4 nitrogen and oxygen atoms in total. The van der Waals surface area contributed by atoms with Gasteiger partial charge in [0, 0.05) is 5.46 Å². The predicted octanol–water partition coefficient (Wildman–Crippen LogP) is -0.753. The number of benzene rings is 1. The summed E-state index contributed by atoms with van der Waals surface area (Å²) in [5, 5.41) is 26.3. The van der Waals surface area contributed by atoms with Gasteiger partial charge in [-0.15, -0.1) is 0 Å². The van der Waals surface area contributed by atoms with Gasteiger partial charge in [-0.1, -0.05) is 6.07 Å². The minimum Gasteiger partial charge on any atom is -0.497 e. The van der Waals surface area contributed by atoms with Crippen LogP contribution < -0.4 is 10.2 Å². The van der Waals surface area contributed by atoms with Gasteiger partial charge >= 0.3 is 7.12 Å². The molecule has 1 rings (SSSR count). The number of hydrogen-bond acceptors (Lipinski definition) is 4. The molecule has 0 aliphatic rings. The lowest BCUT2D eigenvalue weighted by Crippen LogP contribution is -2.31. The first-order valence-electron chi connectivity index (χ1n) is 3.63. The number of methoxy groups -OCH3 is 1. The lowest BCUT2D eigenvalue weighted by atomic mass is 9.79. The van der Waals surface area contributed by atoms with Crippen LogP contribution in [0.4, 0.5) is 0 Å². The highest BCUT2D eigenvalue weighted by Crippen LogP contribution is 2.09. The summed E-state index contributed by atoms with van der Waals surface area (Å²) in [4.78, 5) is 0. The molecule has 66 valence electrons. The Hall–Kier alpha value is -1.51. The van der Waals surface area contributed by atoms with Crippen LogP contribution in [-0.4, -0.2) is 24.3 Å². The molecule has 0 amide bonds. The molecule has 0 aliphatic heterocycles. The zero-order valence-corrected chi connectivity index (χ0v) is 7.06. The standard InChI is InChI=1S/C8H8BNO3/c1-13-8-4-6(5-10)2-3-7(8)9(11)12/h2-4,11-12H,1H3. The smallest absolute Gasteiger partial charge is 0.492 e. The van der Waals surface area contributed by atoms with E-state index in [1.54, 1.807) is 0 Å². The van der Waals surface area contributed by atoms with Crippen LogP contribution in [0.1, 0.15) is 5.56 Å². The maximum atomic E-state index is 8.89. The summed E-state index contributed by atoms with van der Waals surface area (Å²) in [6, 6.07) is 6.32. The van der Waals surface area contributed by atoms with Crippen LogP contribution in [0, 0.1) is 11.3 Å². The number of nitriles is 1. The van der Waals surface area contributed by atoms with Crippen LogP contribution in [-0.2, 0) is 0 Å². The summed E-state index contributed by atoms with van der Waals surface area (Å²) in [7, 11) is -0.176. The van der Waals surface area contributed by atoms with Gasteiger partial charge in [0.05, 0.1) is 18.7 Å². The fraction of sp³-hybridized carbons (Fsp3) is 0.125. The minimum absolute atomic E-state index is 0.251.